The van der Waals surface area contributed by atoms with E-state index in [1.807, 2.05) is 26.8 Å². The molecule has 1 fully saturated rings. The van der Waals surface area contributed by atoms with Gasteiger partial charge in [0, 0.05) is 23.6 Å². The molecule has 2 aromatic carbocycles. The number of nitro benzene ring substituents is 1. The van der Waals surface area contributed by atoms with E-state index in [2.05, 4.69) is 12.1 Å². The number of nitro groups is 1. The van der Waals surface area contributed by atoms with E-state index in [0.717, 1.165) is 35.4 Å². The van der Waals surface area contributed by atoms with Crippen LogP contribution >= 0.6 is 0 Å². The average molecular weight is 421 g/mol. The Hall–Kier alpha value is -3.22. The van der Waals surface area contributed by atoms with Gasteiger partial charge in [-0.25, -0.2) is 9.80 Å². The van der Waals surface area contributed by atoms with Crippen molar-refractivity contribution in [1.82, 2.24) is 5.01 Å². The highest BCUT2D eigenvalue weighted by Crippen LogP contribution is 2.38. The summed E-state index contributed by atoms with van der Waals surface area (Å²) in [5.74, 6) is 0.320. The largest absolute Gasteiger partial charge is 0.349 e. The monoisotopic (exact) mass is 420 g/mol. The molecule has 0 N–H and O–H groups in total. The van der Waals surface area contributed by atoms with Gasteiger partial charge in [-0.1, -0.05) is 31.4 Å². The Morgan fingerprint density at radius 1 is 1.06 bits per heavy atom. The van der Waals surface area contributed by atoms with Gasteiger partial charge < -0.3 is 0 Å². The van der Waals surface area contributed by atoms with E-state index >= 15 is 0 Å². The van der Waals surface area contributed by atoms with Crippen molar-refractivity contribution in [2.75, 3.05) is 4.90 Å². The van der Waals surface area contributed by atoms with E-state index < -0.39 is 4.92 Å². The van der Waals surface area contributed by atoms with Crippen LogP contribution in [0.4, 0.5) is 21.9 Å². The standard InChI is InChI=1S/C24H28N4O3/c1-16(2)27-24(29)26(19-10-12-20(13-11-19)28(30)31)22-15-17(3)9-14-21(22)23(25-27)18-7-5-4-6-8-18/h9-16,18H,4-8H2,1-3H3. The minimum atomic E-state index is -0.434. The zero-order chi connectivity index (χ0) is 22.1. The number of non-ortho nitro benzene ring substituents is 1. The Morgan fingerprint density at radius 3 is 2.35 bits per heavy atom. The number of aryl methyl sites for hydroxylation is 1. The van der Waals surface area contributed by atoms with Gasteiger partial charge in [-0.15, -0.1) is 0 Å². The molecule has 0 unspecified atom stereocenters. The summed E-state index contributed by atoms with van der Waals surface area (Å²) in [4.78, 5) is 26.0. The number of hydrogen-bond donors (Lipinski definition) is 0. The van der Waals surface area contributed by atoms with Crippen molar-refractivity contribution in [3.8, 4) is 0 Å². The molecule has 2 aromatic rings. The second kappa shape index (κ2) is 8.49. The third-order valence-electron chi connectivity index (χ3n) is 6.07. The number of carbonyl (C=O) groups is 1. The summed E-state index contributed by atoms with van der Waals surface area (Å²) in [6, 6.07) is 11.9. The van der Waals surface area contributed by atoms with Crippen LogP contribution in [-0.4, -0.2) is 27.7 Å². The number of fused-ring (bicyclic) bond motifs is 1. The molecule has 1 saturated carbocycles. The van der Waals surface area contributed by atoms with Crippen molar-refractivity contribution in [3.05, 3.63) is 63.7 Å². The van der Waals surface area contributed by atoms with Crippen molar-refractivity contribution in [2.45, 2.75) is 58.9 Å². The second-order valence-electron chi connectivity index (χ2n) is 8.67. The van der Waals surface area contributed by atoms with Crippen molar-refractivity contribution in [2.24, 2.45) is 11.0 Å². The number of nitrogens with zero attached hydrogens (tertiary/aromatic N) is 4. The van der Waals surface area contributed by atoms with E-state index in [-0.39, 0.29) is 17.8 Å². The molecule has 31 heavy (non-hydrogen) atoms. The van der Waals surface area contributed by atoms with Gasteiger partial charge in [0.05, 0.1) is 28.1 Å². The number of urea groups is 1. The highest BCUT2D eigenvalue weighted by atomic mass is 16.6. The normalized spacial score (nSPS) is 17.4. The number of hydrazone groups is 1. The van der Waals surface area contributed by atoms with Gasteiger partial charge in [-0.05, 0) is 57.4 Å². The molecule has 0 radical (unpaired) electrons. The summed E-state index contributed by atoms with van der Waals surface area (Å²) < 4.78 is 0. The van der Waals surface area contributed by atoms with Crippen molar-refractivity contribution >= 4 is 28.8 Å². The number of hydrogen-bond acceptors (Lipinski definition) is 4. The Labute approximate surface area is 182 Å². The molecule has 162 valence electrons. The van der Waals surface area contributed by atoms with Crippen LogP contribution in [0, 0.1) is 23.0 Å². The molecule has 1 heterocycles. The zero-order valence-electron chi connectivity index (χ0n) is 18.2. The third-order valence-corrected chi connectivity index (χ3v) is 6.07. The molecule has 0 spiro atoms. The second-order valence-corrected chi connectivity index (χ2v) is 8.67. The average Bonchev–Trinajstić information content (AvgIpc) is 2.88. The number of benzene rings is 2. The molecule has 0 bridgehead atoms. The fourth-order valence-corrected chi connectivity index (χ4v) is 4.45. The smallest absolute Gasteiger partial charge is 0.261 e. The van der Waals surface area contributed by atoms with Crippen LogP contribution in [0.1, 0.15) is 57.1 Å². The van der Waals surface area contributed by atoms with Crippen LogP contribution in [0.2, 0.25) is 0 Å². The van der Waals surface area contributed by atoms with Crippen LogP contribution in [0.3, 0.4) is 0 Å². The minimum Gasteiger partial charge on any atom is -0.261 e. The predicted octanol–water partition coefficient (Wildman–Crippen LogP) is 6.17. The number of anilines is 2. The van der Waals surface area contributed by atoms with Crippen LogP contribution < -0.4 is 4.90 Å². The summed E-state index contributed by atoms with van der Waals surface area (Å²) in [6.45, 7) is 5.91. The summed E-state index contributed by atoms with van der Waals surface area (Å²) >= 11 is 0. The van der Waals surface area contributed by atoms with E-state index in [1.54, 1.807) is 22.0 Å². The third kappa shape index (κ3) is 4.04. The first-order valence-corrected chi connectivity index (χ1v) is 10.9. The quantitative estimate of drug-likeness (QED) is 0.438. The molecule has 2 aliphatic rings. The molecule has 0 saturated heterocycles. The molecular weight excluding hydrogens is 392 g/mol. The lowest BCUT2D eigenvalue weighted by Crippen LogP contribution is -2.41. The maximum Gasteiger partial charge on any atom is 0.349 e. The molecule has 7 nitrogen and oxygen atoms in total. The number of amides is 2. The topological polar surface area (TPSA) is 79.0 Å². The molecule has 2 amide bonds. The Balaban J connectivity index is 1.89. The van der Waals surface area contributed by atoms with Crippen LogP contribution in [0.5, 0.6) is 0 Å². The highest BCUT2D eigenvalue weighted by molar-refractivity contribution is 6.14. The van der Waals surface area contributed by atoms with Gasteiger partial charge in [0.25, 0.3) is 5.69 Å². The van der Waals surface area contributed by atoms with Crippen LogP contribution in [0.15, 0.2) is 47.6 Å². The zero-order valence-corrected chi connectivity index (χ0v) is 18.2. The maximum absolute atomic E-state index is 13.7. The van der Waals surface area contributed by atoms with Crippen LogP contribution in [0.25, 0.3) is 0 Å². The SMILES string of the molecule is Cc1ccc2c(c1)N(c1ccc([N+](=O)[O-])cc1)C(=O)N(C(C)C)N=C2C1CCCCC1. The first-order valence-electron chi connectivity index (χ1n) is 10.9. The molecular formula is C24H28N4O3. The molecule has 0 atom stereocenters. The summed E-state index contributed by atoms with van der Waals surface area (Å²) in [6.07, 6.45) is 5.74. The maximum atomic E-state index is 13.7. The van der Waals surface area contributed by atoms with Gasteiger partial charge in [0.2, 0.25) is 0 Å². The predicted molar refractivity (Wildman–Crippen MR) is 122 cm³/mol. The summed E-state index contributed by atoms with van der Waals surface area (Å²) in [5, 5.41) is 17.6. The van der Waals surface area contributed by atoms with E-state index in [0.29, 0.717) is 11.6 Å². The first kappa shape index (κ1) is 21.0. The van der Waals surface area contributed by atoms with Gasteiger partial charge in [0.15, 0.2) is 0 Å². The summed E-state index contributed by atoms with van der Waals surface area (Å²) in [7, 11) is 0. The number of rotatable bonds is 4. The molecule has 1 aliphatic carbocycles. The lowest BCUT2D eigenvalue weighted by molar-refractivity contribution is -0.384. The highest BCUT2D eigenvalue weighted by Gasteiger charge is 2.35. The Morgan fingerprint density at radius 2 is 1.74 bits per heavy atom. The van der Waals surface area contributed by atoms with Crippen molar-refractivity contribution in [1.29, 1.82) is 0 Å². The lowest BCUT2D eigenvalue weighted by Gasteiger charge is -2.28. The van der Waals surface area contributed by atoms with Gasteiger partial charge in [0.1, 0.15) is 0 Å². The summed E-state index contributed by atoms with van der Waals surface area (Å²) in [5.41, 5.74) is 4.35. The fourth-order valence-electron chi connectivity index (χ4n) is 4.45. The van der Waals surface area contributed by atoms with E-state index in [9.17, 15) is 14.9 Å². The fraction of sp³-hybridized carbons (Fsp3) is 0.417. The lowest BCUT2D eigenvalue weighted by atomic mass is 9.82. The molecule has 1 aliphatic heterocycles. The van der Waals surface area contributed by atoms with Gasteiger partial charge in [-0.2, -0.15) is 5.10 Å². The first-order chi connectivity index (χ1) is 14.9. The molecule has 0 aromatic heterocycles. The Kier molecular flexibility index (Phi) is 5.76. The van der Waals surface area contributed by atoms with Gasteiger partial charge in [-0.3, -0.25) is 15.0 Å². The minimum absolute atomic E-state index is 0.00431. The van der Waals surface area contributed by atoms with E-state index in [1.165, 1.54) is 31.4 Å². The Bertz CT molecular complexity index is 1020. The van der Waals surface area contributed by atoms with Gasteiger partial charge >= 0.3 is 6.03 Å². The van der Waals surface area contributed by atoms with E-state index in [4.69, 9.17) is 5.10 Å². The van der Waals surface area contributed by atoms with Crippen molar-refractivity contribution in [3.63, 3.8) is 0 Å². The van der Waals surface area contributed by atoms with Crippen molar-refractivity contribution < 1.29 is 9.72 Å². The number of carbonyl (C=O) groups excluding carboxylic acids is 1. The molecule has 7 heteroatoms. The van der Waals surface area contributed by atoms with Crippen LogP contribution in [-0.2, 0) is 0 Å². The molecule has 4 rings (SSSR count).